The Kier molecular flexibility index (Phi) is 7.12. The van der Waals surface area contributed by atoms with Gasteiger partial charge in [0.2, 0.25) is 0 Å². The molecule has 0 unspecified atom stereocenters. The molecule has 0 bridgehead atoms. The molecular weight excluding hydrogens is 339 g/mol. The van der Waals surface area contributed by atoms with Gasteiger partial charge in [-0.3, -0.25) is 0 Å². The van der Waals surface area contributed by atoms with Crippen LogP contribution in [-0.4, -0.2) is 12.6 Å². The smallest absolute Gasteiger partial charge is 0.0408 e. The van der Waals surface area contributed by atoms with Gasteiger partial charge in [-0.15, -0.1) is 12.4 Å². The van der Waals surface area contributed by atoms with Crippen molar-refractivity contribution in [2.75, 3.05) is 6.54 Å². The maximum atomic E-state index is 6.18. The summed E-state index contributed by atoms with van der Waals surface area (Å²) in [5, 5.41) is 4.50. The van der Waals surface area contributed by atoms with Crippen molar-refractivity contribution in [3.63, 3.8) is 0 Å². The minimum Gasteiger partial charge on any atom is -0.330 e. The van der Waals surface area contributed by atoms with Crippen LogP contribution >= 0.6 is 24.0 Å². The first-order chi connectivity index (χ1) is 11.2. The Morgan fingerprint density at radius 3 is 2.38 bits per heavy atom. The summed E-state index contributed by atoms with van der Waals surface area (Å²) in [5.41, 5.74) is 8.91. The quantitative estimate of drug-likeness (QED) is 0.807. The van der Waals surface area contributed by atoms with Crippen molar-refractivity contribution in [3.8, 4) is 0 Å². The van der Waals surface area contributed by atoms with Crippen molar-refractivity contribution in [3.05, 3.63) is 70.7 Å². The molecule has 0 aromatic heterocycles. The number of hydrogen-bond donors (Lipinski definition) is 2. The van der Waals surface area contributed by atoms with E-state index >= 15 is 0 Å². The Hall–Kier alpha value is -1.06. The van der Waals surface area contributed by atoms with E-state index in [1.165, 1.54) is 11.1 Å². The maximum Gasteiger partial charge on any atom is 0.0408 e. The summed E-state index contributed by atoms with van der Waals surface area (Å²) in [4.78, 5) is 0. The molecule has 3 N–H and O–H groups in total. The first-order valence-electron chi connectivity index (χ1n) is 8.45. The van der Waals surface area contributed by atoms with E-state index in [1.54, 1.807) is 0 Å². The van der Waals surface area contributed by atoms with Crippen molar-refractivity contribution in [2.45, 2.75) is 43.7 Å². The molecule has 1 fully saturated rings. The van der Waals surface area contributed by atoms with Gasteiger partial charge in [0, 0.05) is 29.6 Å². The molecule has 0 heterocycles. The molecule has 2 aromatic rings. The summed E-state index contributed by atoms with van der Waals surface area (Å²) < 4.78 is 0. The Balaban J connectivity index is 0.00000208. The van der Waals surface area contributed by atoms with Gasteiger partial charge in [-0.2, -0.15) is 0 Å². The molecule has 0 spiro atoms. The van der Waals surface area contributed by atoms with E-state index in [-0.39, 0.29) is 17.8 Å². The molecule has 4 heteroatoms. The van der Waals surface area contributed by atoms with E-state index in [0.717, 1.165) is 37.3 Å². The van der Waals surface area contributed by atoms with Crippen LogP contribution in [0.5, 0.6) is 0 Å². The molecule has 1 saturated carbocycles. The van der Waals surface area contributed by atoms with Gasteiger partial charge in [0.1, 0.15) is 0 Å². The fraction of sp³-hybridized carbons (Fsp3) is 0.400. The zero-order valence-corrected chi connectivity index (χ0v) is 15.5. The van der Waals surface area contributed by atoms with E-state index < -0.39 is 0 Å². The van der Waals surface area contributed by atoms with Gasteiger partial charge in [0.15, 0.2) is 0 Å². The Morgan fingerprint density at radius 2 is 1.75 bits per heavy atom. The average Bonchev–Trinajstić information content (AvgIpc) is 2.61. The van der Waals surface area contributed by atoms with Gasteiger partial charge in [0.25, 0.3) is 0 Å². The molecule has 2 nitrogen and oxygen atoms in total. The van der Waals surface area contributed by atoms with Crippen molar-refractivity contribution in [1.82, 2.24) is 5.32 Å². The number of halogens is 2. The lowest BCUT2D eigenvalue weighted by molar-refractivity contribution is 0.251. The zero-order valence-electron chi connectivity index (χ0n) is 13.9. The van der Waals surface area contributed by atoms with E-state index in [1.807, 2.05) is 12.1 Å². The van der Waals surface area contributed by atoms with Crippen molar-refractivity contribution < 1.29 is 0 Å². The summed E-state index contributed by atoms with van der Waals surface area (Å²) in [6, 6.07) is 19.4. The predicted molar refractivity (Wildman–Crippen MR) is 105 cm³/mol. The number of nitrogens with two attached hydrogens (primary N) is 1. The van der Waals surface area contributed by atoms with Gasteiger partial charge in [-0.05, 0) is 48.9 Å². The number of nitrogens with one attached hydrogen (secondary N) is 1. The molecule has 0 radical (unpaired) electrons. The molecule has 0 atom stereocenters. The van der Waals surface area contributed by atoms with Crippen molar-refractivity contribution in [1.29, 1.82) is 0 Å². The SMILES string of the molecule is Cl.NC[C@]1(c2cccc(Cl)c2)CC[C@@H](NCc2ccccc2)CC1. The lowest BCUT2D eigenvalue weighted by Gasteiger charge is -2.40. The van der Waals surface area contributed by atoms with Crippen LogP contribution in [0.3, 0.4) is 0 Å². The van der Waals surface area contributed by atoms with Crippen LogP contribution in [0.25, 0.3) is 0 Å². The third kappa shape index (κ3) is 4.52. The third-order valence-corrected chi connectivity index (χ3v) is 5.44. The number of hydrogen-bond acceptors (Lipinski definition) is 2. The summed E-state index contributed by atoms with van der Waals surface area (Å²) in [6.07, 6.45) is 4.57. The second-order valence-corrected chi connectivity index (χ2v) is 7.07. The highest BCUT2D eigenvalue weighted by molar-refractivity contribution is 6.30. The van der Waals surface area contributed by atoms with Crippen LogP contribution in [-0.2, 0) is 12.0 Å². The molecule has 2 aromatic carbocycles. The Morgan fingerprint density at radius 1 is 1.04 bits per heavy atom. The molecular formula is C20H26Cl2N2. The summed E-state index contributed by atoms with van der Waals surface area (Å²) >= 11 is 6.18. The number of benzene rings is 2. The fourth-order valence-electron chi connectivity index (χ4n) is 3.66. The molecule has 0 saturated heterocycles. The van der Waals surface area contributed by atoms with Crippen LogP contribution in [0.1, 0.15) is 36.8 Å². The minimum atomic E-state index is 0. The van der Waals surface area contributed by atoms with E-state index in [2.05, 4.69) is 47.8 Å². The first-order valence-corrected chi connectivity index (χ1v) is 8.83. The van der Waals surface area contributed by atoms with Gasteiger partial charge in [-0.25, -0.2) is 0 Å². The lowest BCUT2D eigenvalue weighted by atomic mass is 9.68. The standard InChI is InChI=1S/C20H25ClN2.ClH/c21-18-8-4-7-17(13-18)20(15-22)11-9-19(10-12-20)23-14-16-5-2-1-3-6-16;/h1-8,13,19,23H,9-12,14-15,22H2;1H/t19-,20+;. The summed E-state index contributed by atoms with van der Waals surface area (Å²) in [7, 11) is 0. The second kappa shape index (κ2) is 8.87. The van der Waals surface area contributed by atoms with Crippen molar-refractivity contribution >= 4 is 24.0 Å². The monoisotopic (exact) mass is 364 g/mol. The van der Waals surface area contributed by atoms with Crippen LogP contribution in [0, 0.1) is 0 Å². The zero-order chi connectivity index (χ0) is 16.1. The van der Waals surface area contributed by atoms with E-state index in [0.29, 0.717) is 12.6 Å². The van der Waals surface area contributed by atoms with Gasteiger partial charge >= 0.3 is 0 Å². The fourth-order valence-corrected chi connectivity index (χ4v) is 3.85. The van der Waals surface area contributed by atoms with Gasteiger partial charge in [0.05, 0.1) is 0 Å². The van der Waals surface area contributed by atoms with Crippen LogP contribution in [0.15, 0.2) is 54.6 Å². The van der Waals surface area contributed by atoms with E-state index in [4.69, 9.17) is 17.3 Å². The molecule has 1 aliphatic rings. The molecule has 130 valence electrons. The number of rotatable bonds is 5. The third-order valence-electron chi connectivity index (χ3n) is 5.21. The Labute approximate surface area is 156 Å². The summed E-state index contributed by atoms with van der Waals surface area (Å²) in [5.74, 6) is 0. The molecule has 0 amide bonds. The minimum absolute atomic E-state index is 0. The molecule has 24 heavy (non-hydrogen) atoms. The van der Waals surface area contributed by atoms with Crippen LogP contribution in [0.2, 0.25) is 5.02 Å². The van der Waals surface area contributed by atoms with Gasteiger partial charge < -0.3 is 11.1 Å². The molecule has 1 aliphatic carbocycles. The largest absolute Gasteiger partial charge is 0.330 e. The first kappa shape index (κ1) is 19.3. The highest BCUT2D eigenvalue weighted by Crippen LogP contribution is 2.39. The Bertz CT molecular complexity index is 623. The maximum absolute atomic E-state index is 6.18. The average molecular weight is 365 g/mol. The lowest BCUT2D eigenvalue weighted by Crippen LogP contribution is -2.43. The molecule has 0 aliphatic heterocycles. The predicted octanol–water partition coefficient (Wildman–Crippen LogP) is 4.69. The summed E-state index contributed by atoms with van der Waals surface area (Å²) in [6.45, 7) is 1.64. The topological polar surface area (TPSA) is 38.0 Å². The van der Waals surface area contributed by atoms with Crippen LogP contribution in [0.4, 0.5) is 0 Å². The molecule has 3 rings (SSSR count). The second-order valence-electron chi connectivity index (χ2n) is 6.64. The highest BCUT2D eigenvalue weighted by atomic mass is 35.5. The highest BCUT2D eigenvalue weighted by Gasteiger charge is 2.35. The van der Waals surface area contributed by atoms with Crippen LogP contribution < -0.4 is 11.1 Å². The van der Waals surface area contributed by atoms with Gasteiger partial charge in [-0.1, -0.05) is 54.1 Å². The van der Waals surface area contributed by atoms with Crippen molar-refractivity contribution in [2.24, 2.45) is 5.73 Å². The van der Waals surface area contributed by atoms with E-state index in [9.17, 15) is 0 Å². The normalized spacial score (nSPS) is 23.5.